The van der Waals surface area contributed by atoms with Gasteiger partial charge in [-0.15, -0.1) is 11.3 Å². The maximum atomic E-state index is 6.52. The molecule has 16 heavy (non-hydrogen) atoms. The van der Waals surface area contributed by atoms with Crippen molar-refractivity contribution in [3.05, 3.63) is 20.8 Å². The van der Waals surface area contributed by atoms with Crippen molar-refractivity contribution >= 4 is 27.3 Å². The molecule has 2 nitrogen and oxygen atoms in total. The number of nitrogens with two attached hydrogens (primary N) is 1. The lowest BCUT2D eigenvalue weighted by atomic mass is 9.86. The van der Waals surface area contributed by atoms with Crippen LogP contribution in [0.15, 0.2) is 15.9 Å². The van der Waals surface area contributed by atoms with Crippen LogP contribution in [0.2, 0.25) is 0 Å². The number of rotatable bonds is 3. The second-order valence-electron chi connectivity index (χ2n) is 4.82. The third-order valence-electron chi connectivity index (χ3n) is 3.87. The quantitative estimate of drug-likeness (QED) is 0.927. The third kappa shape index (κ3) is 1.96. The van der Waals surface area contributed by atoms with E-state index in [2.05, 4.69) is 46.4 Å². The van der Waals surface area contributed by atoms with Crippen molar-refractivity contribution in [3.63, 3.8) is 0 Å². The maximum absolute atomic E-state index is 6.52. The Hall–Kier alpha value is 0.100. The molecule has 1 aliphatic rings. The predicted octanol–water partition coefficient (Wildman–Crippen LogP) is 3.38. The summed E-state index contributed by atoms with van der Waals surface area (Å²) in [5.41, 5.74) is 6.68. The average Bonchev–Trinajstić information content (AvgIpc) is 2.85. The zero-order chi connectivity index (χ0) is 11.8. The highest BCUT2D eigenvalue weighted by Crippen LogP contribution is 2.45. The Morgan fingerprint density at radius 3 is 2.50 bits per heavy atom. The fourth-order valence-corrected chi connectivity index (χ4v) is 4.53. The Kier molecular flexibility index (Phi) is 3.74. The molecule has 2 rings (SSSR count). The minimum Gasteiger partial charge on any atom is -0.322 e. The van der Waals surface area contributed by atoms with Crippen LogP contribution < -0.4 is 5.73 Å². The molecule has 0 radical (unpaired) electrons. The van der Waals surface area contributed by atoms with Crippen LogP contribution in [-0.4, -0.2) is 24.5 Å². The molecular formula is C12H19BrN2S. The van der Waals surface area contributed by atoms with Crippen LogP contribution in [0.3, 0.4) is 0 Å². The van der Waals surface area contributed by atoms with Crippen molar-refractivity contribution in [1.29, 1.82) is 0 Å². The highest BCUT2D eigenvalue weighted by Gasteiger charge is 2.43. The summed E-state index contributed by atoms with van der Waals surface area (Å²) in [5.74, 6) is 0. The maximum Gasteiger partial charge on any atom is 0.0588 e. The van der Waals surface area contributed by atoms with E-state index in [0.29, 0.717) is 0 Å². The van der Waals surface area contributed by atoms with Crippen LogP contribution in [0.25, 0.3) is 0 Å². The Labute approximate surface area is 110 Å². The van der Waals surface area contributed by atoms with E-state index in [9.17, 15) is 0 Å². The molecule has 1 heterocycles. The Morgan fingerprint density at radius 2 is 2.06 bits per heavy atom. The van der Waals surface area contributed by atoms with Gasteiger partial charge < -0.3 is 10.6 Å². The summed E-state index contributed by atoms with van der Waals surface area (Å²) in [6.45, 7) is 0. The minimum atomic E-state index is 0.124. The van der Waals surface area contributed by atoms with Crippen molar-refractivity contribution < 1.29 is 0 Å². The average molecular weight is 303 g/mol. The van der Waals surface area contributed by atoms with Crippen LogP contribution in [0.5, 0.6) is 0 Å². The summed E-state index contributed by atoms with van der Waals surface area (Å²) in [6, 6.07) is 2.22. The lowest BCUT2D eigenvalue weighted by Crippen LogP contribution is -2.50. The Balaban J connectivity index is 2.31. The van der Waals surface area contributed by atoms with Crippen LogP contribution in [0.1, 0.15) is 36.6 Å². The van der Waals surface area contributed by atoms with Crippen molar-refractivity contribution in [2.45, 2.75) is 37.3 Å². The fourth-order valence-electron chi connectivity index (χ4n) is 2.79. The van der Waals surface area contributed by atoms with Crippen molar-refractivity contribution in [3.8, 4) is 0 Å². The number of thiophene rings is 1. The lowest BCUT2D eigenvalue weighted by molar-refractivity contribution is 0.124. The summed E-state index contributed by atoms with van der Waals surface area (Å²) in [4.78, 5) is 3.62. The van der Waals surface area contributed by atoms with E-state index in [1.54, 1.807) is 11.3 Å². The molecule has 1 aromatic rings. The fraction of sp³-hybridized carbons (Fsp3) is 0.667. The van der Waals surface area contributed by atoms with Gasteiger partial charge in [0.15, 0.2) is 0 Å². The van der Waals surface area contributed by atoms with Gasteiger partial charge in [0.05, 0.1) is 6.04 Å². The topological polar surface area (TPSA) is 29.3 Å². The standard InChI is InChI=1S/C12H19BrN2S/c1-15(2)12(6-3-4-7-12)11(14)10-9(13)5-8-16-10/h5,8,11H,3-4,6-7,14H2,1-2H3. The predicted molar refractivity (Wildman–Crippen MR) is 73.8 cm³/mol. The summed E-state index contributed by atoms with van der Waals surface area (Å²) in [5, 5.41) is 2.11. The molecule has 1 saturated carbocycles. The smallest absolute Gasteiger partial charge is 0.0588 e. The first-order chi connectivity index (χ1) is 7.58. The van der Waals surface area contributed by atoms with Gasteiger partial charge in [-0.1, -0.05) is 12.8 Å². The van der Waals surface area contributed by atoms with Crippen molar-refractivity contribution in [2.75, 3.05) is 14.1 Å². The Morgan fingerprint density at radius 1 is 1.44 bits per heavy atom. The molecule has 0 saturated heterocycles. The first kappa shape index (κ1) is 12.6. The van der Waals surface area contributed by atoms with Gasteiger partial charge in [0, 0.05) is 14.9 Å². The molecule has 1 aromatic heterocycles. The first-order valence-electron chi connectivity index (χ1n) is 5.74. The van der Waals surface area contributed by atoms with Gasteiger partial charge in [-0.05, 0) is 54.3 Å². The third-order valence-corrected chi connectivity index (χ3v) is 5.82. The highest BCUT2D eigenvalue weighted by atomic mass is 79.9. The lowest BCUT2D eigenvalue weighted by Gasteiger charge is -2.41. The summed E-state index contributed by atoms with van der Waals surface area (Å²) in [7, 11) is 4.32. The Bertz CT molecular complexity index is 356. The van der Waals surface area contributed by atoms with Crippen LogP contribution in [0.4, 0.5) is 0 Å². The van der Waals surface area contributed by atoms with Crippen LogP contribution >= 0.6 is 27.3 Å². The molecule has 1 fully saturated rings. The van der Waals surface area contributed by atoms with Gasteiger partial charge >= 0.3 is 0 Å². The highest BCUT2D eigenvalue weighted by molar-refractivity contribution is 9.10. The molecule has 90 valence electrons. The summed E-state index contributed by atoms with van der Waals surface area (Å²) < 4.78 is 1.16. The first-order valence-corrected chi connectivity index (χ1v) is 7.41. The van der Waals surface area contributed by atoms with E-state index in [1.165, 1.54) is 30.6 Å². The largest absolute Gasteiger partial charge is 0.322 e. The molecule has 2 N–H and O–H groups in total. The van der Waals surface area contributed by atoms with Crippen LogP contribution in [0, 0.1) is 0 Å². The molecule has 1 aliphatic carbocycles. The van der Waals surface area contributed by atoms with Gasteiger partial charge in [0.2, 0.25) is 0 Å². The molecule has 1 atom stereocenters. The zero-order valence-corrected chi connectivity index (χ0v) is 12.3. The minimum absolute atomic E-state index is 0.124. The summed E-state index contributed by atoms with van der Waals surface area (Å²) in [6.07, 6.45) is 5.03. The number of nitrogens with zero attached hydrogens (tertiary/aromatic N) is 1. The SMILES string of the molecule is CN(C)C1(C(N)c2sccc2Br)CCCC1. The molecule has 1 unspecified atom stereocenters. The molecule has 4 heteroatoms. The molecule has 0 amide bonds. The van der Waals surface area contributed by atoms with E-state index in [1.807, 2.05) is 0 Å². The van der Waals surface area contributed by atoms with Gasteiger partial charge in [0.1, 0.15) is 0 Å². The van der Waals surface area contributed by atoms with E-state index in [0.717, 1.165) is 4.47 Å². The number of likely N-dealkylation sites (N-methyl/N-ethyl adjacent to an activating group) is 1. The van der Waals surface area contributed by atoms with E-state index in [4.69, 9.17) is 5.73 Å². The number of hydrogen-bond acceptors (Lipinski definition) is 3. The number of hydrogen-bond donors (Lipinski definition) is 1. The normalized spacial score (nSPS) is 21.6. The molecule has 0 aromatic carbocycles. The van der Waals surface area contributed by atoms with E-state index in [-0.39, 0.29) is 11.6 Å². The molecular weight excluding hydrogens is 284 g/mol. The molecule has 0 aliphatic heterocycles. The van der Waals surface area contributed by atoms with Crippen molar-refractivity contribution in [2.24, 2.45) is 5.73 Å². The zero-order valence-electron chi connectivity index (χ0n) is 9.87. The molecule has 0 bridgehead atoms. The van der Waals surface area contributed by atoms with Gasteiger partial charge in [-0.25, -0.2) is 0 Å². The van der Waals surface area contributed by atoms with Gasteiger partial charge in [0.25, 0.3) is 0 Å². The monoisotopic (exact) mass is 302 g/mol. The van der Waals surface area contributed by atoms with E-state index >= 15 is 0 Å². The second kappa shape index (κ2) is 4.77. The van der Waals surface area contributed by atoms with Crippen LogP contribution in [-0.2, 0) is 0 Å². The second-order valence-corrected chi connectivity index (χ2v) is 6.62. The van der Waals surface area contributed by atoms with Crippen molar-refractivity contribution in [1.82, 2.24) is 4.90 Å². The summed E-state index contributed by atoms with van der Waals surface area (Å²) >= 11 is 5.36. The number of halogens is 1. The molecule has 0 spiro atoms. The van der Waals surface area contributed by atoms with Gasteiger partial charge in [-0.3, -0.25) is 0 Å². The van der Waals surface area contributed by atoms with E-state index < -0.39 is 0 Å². The van der Waals surface area contributed by atoms with Gasteiger partial charge in [-0.2, -0.15) is 0 Å².